The molecule has 1 N–H and O–H groups in total. The molecule has 1 atom stereocenters. The van der Waals surface area contributed by atoms with E-state index in [0.717, 1.165) is 49.2 Å². The molecule has 3 aromatic rings. The molecule has 1 aliphatic rings. The van der Waals surface area contributed by atoms with Gasteiger partial charge in [-0.3, -0.25) is 4.90 Å². The number of fused-ring (bicyclic) bond motifs is 1. The van der Waals surface area contributed by atoms with E-state index in [-0.39, 0.29) is 11.3 Å². The molecular weight excluding hydrogens is 332 g/mol. The van der Waals surface area contributed by atoms with Gasteiger partial charge in [0, 0.05) is 11.1 Å². The second-order valence-electron chi connectivity index (χ2n) is 6.86. The summed E-state index contributed by atoms with van der Waals surface area (Å²) >= 11 is 0. The molecule has 1 heterocycles. The van der Waals surface area contributed by atoms with Crippen molar-refractivity contribution in [3.63, 3.8) is 0 Å². The summed E-state index contributed by atoms with van der Waals surface area (Å²) in [7, 11) is 0. The molecule has 1 saturated heterocycles. The fraction of sp³-hybridized carbons (Fsp3) is 0.273. The molecule has 4 rings (SSSR count). The molecule has 1 unspecified atom stereocenters. The number of halogens is 2. The Balaban J connectivity index is 1.97. The van der Waals surface area contributed by atoms with Gasteiger partial charge in [-0.25, -0.2) is 8.78 Å². The molecule has 0 spiro atoms. The first-order chi connectivity index (χ1) is 12.7. The molecule has 0 aromatic heterocycles. The van der Waals surface area contributed by atoms with Crippen LogP contribution in [-0.2, 0) is 0 Å². The van der Waals surface area contributed by atoms with Crippen LogP contribution < -0.4 is 0 Å². The first-order valence-electron chi connectivity index (χ1n) is 9.05. The molecule has 2 nitrogen and oxygen atoms in total. The van der Waals surface area contributed by atoms with Gasteiger partial charge in [-0.1, -0.05) is 48.9 Å². The first kappa shape index (κ1) is 17.0. The number of benzene rings is 3. The highest BCUT2D eigenvalue weighted by atomic mass is 19.2. The Morgan fingerprint density at radius 3 is 2.42 bits per heavy atom. The predicted octanol–water partition coefficient (Wildman–Crippen LogP) is 5.40. The van der Waals surface area contributed by atoms with Crippen LogP contribution in [-0.4, -0.2) is 23.1 Å². The highest BCUT2D eigenvalue weighted by Gasteiger charge is 2.30. The highest BCUT2D eigenvalue weighted by Crippen LogP contribution is 2.41. The Labute approximate surface area is 151 Å². The lowest BCUT2D eigenvalue weighted by molar-refractivity contribution is 0.182. The standard InChI is InChI=1S/C22H21F2NO/c23-18-10-6-9-17(21(18)24)22(25-13-4-1-5-14-25)20-16-8-3-2-7-15(16)11-12-19(20)26/h2-3,6-12,22,26H,1,4-5,13-14H2. The van der Waals surface area contributed by atoms with Crippen molar-refractivity contribution in [1.82, 2.24) is 4.90 Å². The van der Waals surface area contributed by atoms with Crippen molar-refractivity contribution in [3.05, 3.63) is 77.4 Å². The maximum Gasteiger partial charge on any atom is 0.163 e. The third kappa shape index (κ3) is 2.95. The van der Waals surface area contributed by atoms with Crippen LogP contribution in [0.1, 0.15) is 36.4 Å². The number of rotatable bonds is 3. The summed E-state index contributed by atoms with van der Waals surface area (Å²) < 4.78 is 28.7. The van der Waals surface area contributed by atoms with E-state index in [9.17, 15) is 13.9 Å². The monoisotopic (exact) mass is 353 g/mol. The number of aromatic hydroxyl groups is 1. The molecule has 0 radical (unpaired) electrons. The molecule has 1 aliphatic heterocycles. The van der Waals surface area contributed by atoms with E-state index in [1.54, 1.807) is 12.1 Å². The molecule has 0 bridgehead atoms. The lowest BCUT2D eigenvalue weighted by Gasteiger charge is -2.36. The quantitative estimate of drug-likeness (QED) is 0.681. The molecular formula is C22H21F2NO. The van der Waals surface area contributed by atoms with Gasteiger partial charge < -0.3 is 5.11 Å². The topological polar surface area (TPSA) is 23.5 Å². The van der Waals surface area contributed by atoms with E-state index in [4.69, 9.17) is 0 Å². The fourth-order valence-corrected chi connectivity index (χ4v) is 4.01. The van der Waals surface area contributed by atoms with Crippen molar-refractivity contribution < 1.29 is 13.9 Å². The van der Waals surface area contributed by atoms with E-state index in [1.807, 2.05) is 30.3 Å². The Kier molecular flexibility index (Phi) is 4.60. The van der Waals surface area contributed by atoms with Gasteiger partial charge in [0.15, 0.2) is 11.6 Å². The molecule has 1 fully saturated rings. The predicted molar refractivity (Wildman–Crippen MR) is 99.2 cm³/mol. The number of phenols is 1. The highest BCUT2D eigenvalue weighted by molar-refractivity contribution is 5.88. The summed E-state index contributed by atoms with van der Waals surface area (Å²) in [4.78, 5) is 2.16. The van der Waals surface area contributed by atoms with Gasteiger partial charge in [-0.15, -0.1) is 0 Å². The van der Waals surface area contributed by atoms with E-state index in [1.165, 1.54) is 6.07 Å². The third-order valence-electron chi connectivity index (χ3n) is 5.25. The van der Waals surface area contributed by atoms with Crippen LogP contribution in [0.25, 0.3) is 10.8 Å². The zero-order valence-corrected chi connectivity index (χ0v) is 14.5. The maximum absolute atomic E-state index is 14.7. The molecule has 134 valence electrons. The lowest BCUT2D eigenvalue weighted by atomic mass is 9.90. The summed E-state index contributed by atoms with van der Waals surface area (Å²) in [5.41, 5.74) is 0.924. The van der Waals surface area contributed by atoms with E-state index >= 15 is 0 Å². The normalized spacial score (nSPS) is 16.7. The third-order valence-corrected chi connectivity index (χ3v) is 5.25. The van der Waals surface area contributed by atoms with Gasteiger partial charge in [0.1, 0.15) is 5.75 Å². The molecule has 3 aromatic carbocycles. The summed E-state index contributed by atoms with van der Waals surface area (Å²) in [5.74, 6) is -1.58. The molecule has 0 saturated carbocycles. The van der Waals surface area contributed by atoms with Gasteiger partial charge in [-0.2, -0.15) is 0 Å². The van der Waals surface area contributed by atoms with Crippen LogP contribution in [0.3, 0.4) is 0 Å². The maximum atomic E-state index is 14.7. The minimum Gasteiger partial charge on any atom is -0.508 e. The smallest absolute Gasteiger partial charge is 0.163 e. The molecule has 0 amide bonds. The fourth-order valence-electron chi connectivity index (χ4n) is 4.01. The van der Waals surface area contributed by atoms with Crippen LogP contribution in [0.15, 0.2) is 54.6 Å². The summed E-state index contributed by atoms with van der Waals surface area (Å²) in [6.07, 6.45) is 3.16. The second-order valence-corrected chi connectivity index (χ2v) is 6.86. The molecule has 4 heteroatoms. The zero-order valence-electron chi connectivity index (χ0n) is 14.5. The number of likely N-dealkylation sites (tertiary alicyclic amines) is 1. The largest absolute Gasteiger partial charge is 0.508 e. The van der Waals surface area contributed by atoms with Crippen molar-refractivity contribution in [2.24, 2.45) is 0 Å². The summed E-state index contributed by atoms with van der Waals surface area (Å²) in [5, 5.41) is 12.5. The number of hydrogen-bond donors (Lipinski definition) is 1. The van der Waals surface area contributed by atoms with Crippen molar-refractivity contribution in [2.45, 2.75) is 25.3 Å². The van der Waals surface area contributed by atoms with Gasteiger partial charge in [0.05, 0.1) is 6.04 Å². The zero-order chi connectivity index (χ0) is 18.1. The second kappa shape index (κ2) is 7.04. The Bertz CT molecular complexity index is 935. The molecule has 0 aliphatic carbocycles. The first-order valence-corrected chi connectivity index (χ1v) is 9.05. The number of nitrogens with zero attached hydrogens (tertiary/aromatic N) is 1. The van der Waals surface area contributed by atoms with Crippen LogP contribution in [0.2, 0.25) is 0 Å². The van der Waals surface area contributed by atoms with Gasteiger partial charge in [0.2, 0.25) is 0 Å². The van der Waals surface area contributed by atoms with Crippen LogP contribution in [0, 0.1) is 11.6 Å². The number of hydrogen-bond acceptors (Lipinski definition) is 2. The van der Waals surface area contributed by atoms with Crippen LogP contribution in [0.4, 0.5) is 8.78 Å². The Morgan fingerprint density at radius 2 is 1.62 bits per heavy atom. The van der Waals surface area contributed by atoms with E-state index in [2.05, 4.69) is 4.90 Å². The SMILES string of the molecule is Oc1ccc2ccccc2c1C(c1cccc(F)c1F)N1CCCCC1. The minimum atomic E-state index is -0.857. The van der Waals surface area contributed by atoms with Crippen molar-refractivity contribution >= 4 is 10.8 Å². The Hall–Kier alpha value is -2.46. The van der Waals surface area contributed by atoms with Crippen LogP contribution in [0.5, 0.6) is 5.75 Å². The molecule has 26 heavy (non-hydrogen) atoms. The lowest BCUT2D eigenvalue weighted by Crippen LogP contribution is -2.35. The number of piperidine rings is 1. The van der Waals surface area contributed by atoms with Crippen molar-refractivity contribution in [2.75, 3.05) is 13.1 Å². The van der Waals surface area contributed by atoms with Crippen LogP contribution >= 0.6 is 0 Å². The van der Waals surface area contributed by atoms with E-state index in [0.29, 0.717) is 5.56 Å². The average Bonchev–Trinajstić information content (AvgIpc) is 2.68. The summed E-state index contributed by atoms with van der Waals surface area (Å²) in [6, 6.07) is 15.0. The van der Waals surface area contributed by atoms with Crippen molar-refractivity contribution in [3.8, 4) is 5.75 Å². The van der Waals surface area contributed by atoms with Gasteiger partial charge in [0.25, 0.3) is 0 Å². The van der Waals surface area contributed by atoms with E-state index < -0.39 is 17.7 Å². The van der Waals surface area contributed by atoms with Gasteiger partial charge in [-0.05, 0) is 48.8 Å². The average molecular weight is 353 g/mol. The Morgan fingerprint density at radius 1 is 0.846 bits per heavy atom. The van der Waals surface area contributed by atoms with Crippen molar-refractivity contribution in [1.29, 1.82) is 0 Å². The minimum absolute atomic E-state index is 0.114. The summed E-state index contributed by atoms with van der Waals surface area (Å²) in [6.45, 7) is 1.59. The van der Waals surface area contributed by atoms with Gasteiger partial charge >= 0.3 is 0 Å². The number of phenolic OH excluding ortho intramolecular Hbond substituents is 1.